The van der Waals surface area contributed by atoms with Gasteiger partial charge in [0.1, 0.15) is 0 Å². The topological polar surface area (TPSA) is 12.0 Å². The maximum Gasteiger partial charge on any atom is 0.0574 e. The first-order valence-electron chi connectivity index (χ1n) is 5.53. The summed E-state index contributed by atoms with van der Waals surface area (Å²) in [5.41, 5.74) is 1.28. The second kappa shape index (κ2) is 5.60. The van der Waals surface area contributed by atoms with Crippen molar-refractivity contribution < 1.29 is 0 Å². The van der Waals surface area contributed by atoms with Crippen molar-refractivity contribution >= 4 is 38.9 Å². The van der Waals surface area contributed by atoms with Crippen molar-refractivity contribution in [3.8, 4) is 0 Å². The Kier molecular flexibility index (Phi) is 4.13. The Morgan fingerprint density at radius 1 is 1.38 bits per heavy atom. The Bertz CT molecular complexity index is 450. The van der Waals surface area contributed by atoms with E-state index < -0.39 is 0 Å². The Hall–Kier alpha value is -0.670. The van der Waals surface area contributed by atoms with E-state index in [9.17, 15) is 0 Å². The molecule has 1 unspecified atom stereocenters. The molecule has 16 heavy (non-hydrogen) atoms. The van der Waals surface area contributed by atoms with Crippen LogP contribution in [0, 0.1) is 0 Å². The molecule has 0 fully saturated rings. The molecule has 86 valence electrons. The van der Waals surface area contributed by atoms with Crippen LogP contribution in [0.3, 0.4) is 0 Å². The lowest BCUT2D eigenvalue weighted by atomic mass is 10.2. The van der Waals surface area contributed by atoms with E-state index in [1.54, 1.807) is 0 Å². The fourth-order valence-corrected chi connectivity index (χ4v) is 3.21. The van der Waals surface area contributed by atoms with E-state index in [0.29, 0.717) is 6.04 Å². The first-order chi connectivity index (χ1) is 7.81. The summed E-state index contributed by atoms with van der Waals surface area (Å²) >= 11 is 3.72. The van der Waals surface area contributed by atoms with E-state index >= 15 is 0 Å². The molecule has 0 aliphatic rings. The largest absolute Gasteiger partial charge is 0.381 e. The van der Waals surface area contributed by atoms with E-state index in [-0.39, 0.29) is 0 Å². The molecule has 1 N–H and O–H groups in total. The van der Waals surface area contributed by atoms with Crippen LogP contribution in [-0.2, 0) is 0 Å². The van der Waals surface area contributed by atoms with Gasteiger partial charge in [0.05, 0.1) is 10.4 Å². The third kappa shape index (κ3) is 2.71. The number of hydrogen-bond donors (Lipinski definition) is 1. The molecule has 0 spiro atoms. The minimum Gasteiger partial charge on any atom is -0.381 e. The van der Waals surface area contributed by atoms with E-state index in [4.69, 9.17) is 0 Å². The minimum atomic E-state index is 0.542. The van der Waals surface area contributed by atoms with Gasteiger partial charge in [0, 0.05) is 6.04 Å². The summed E-state index contributed by atoms with van der Waals surface area (Å²) in [4.78, 5) is 0. The standard InChI is InChI=1S/C13H17NS2/c1-10(6-8-15-2)14-12-5-3-4-11-7-9-16-13(11)12/h3-5,7,9-10,14H,6,8H2,1-2H3. The predicted octanol–water partition coefficient (Wildman–Crippen LogP) is 4.45. The lowest BCUT2D eigenvalue weighted by molar-refractivity contribution is 0.773. The van der Waals surface area contributed by atoms with Crippen LogP contribution in [0.15, 0.2) is 29.6 Å². The second-order valence-corrected chi connectivity index (χ2v) is 5.87. The highest BCUT2D eigenvalue weighted by atomic mass is 32.2. The number of anilines is 1. The molecule has 1 nitrogen and oxygen atoms in total. The van der Waals surface area contributed by atoms with Gasteiger partial charge in [0.15, 0.2) is 0 Å². The first-order valence-corrected chi connectivity index (χ1v) is 7.80. The van der Waals surface area contributed by atoms with Gasteiger partial charge < -0.3 is 5.32 Å². The summed E-state index contributed by atoms with van der Waals surface area (Å²) in [6.45, 7) is 2.25. The number of nitrogens with one attached hydrogen (secondary N) is 1. The normalized spacial score (nSPS) is 12.9. The third-order valence-corrected chi connectivity index (χ3v) is 4.24. The average molecular weight is 251 g/mol. The van der Waals surface area contributed by atoms with Gasteiger partial charge >= 0.3 is 0 Å². The van der Waals surface area contributed by atoms with Crippen LogP contribution in [0.1, 0.15) is 13.3 Å². The van der Waals surface area contributed by atoms with Crippen molar-refractivity contribution in [2.45, 2.75) is 19.4 Å². The number of thiophene rings is 1. The molecule has 1 aromatic heterocycles. The number of benzene rings is 1. The van der Waals surface area contributed by atoms with Gasteiger partial charge in [0.2, 0.25) is 0 Å². The van der Waals surface area contributed by atoms with Crippen LogP contribution in [0.2, 0.25) is 0 Å². The van der Waals surface area contributed by atoms with E-state index in [1.807, 2.05) is 23.1 Å². The fourth-order valence-electron chi connectivity index (χ4n) is 1.74. The highest BCUT2D eigenvalue weighted by molar-refractivity contribution is 7.98. The van der Waals surface area contributed by atoms with Gasteiger partial charge in [0.25, 0.3) is 0 Å². The highest BCUT2D eigenvalue weighted by Crippen LogP contribution is 2.29. The maximum absolute atomic E-state index is 3.60. The summed E-state index contributed by atoms with van der Waals surface area (Å²) in [6, 6.07) is 9.19. The molecule has 1 heterocycles. The van der Waals surface area contributed by atoms with Gasteiger partial charge in [-0.1, -0.05) is 12.1 Å². The number of hydrogen-bond acceptors (Lipinski definition) is 3. The molecule has 0 amide bonds. The molecule has 0 saturated heterocycles. The molecule has 0 bridgehead atoms. The number of thioether (sulfide) groups is 1. The van der Waals surface area contributed by atoms with Crippen molar-refractivity contribution in [1.29, 1.82) is 0 Å². The predicted molar refractivity (Wildman–Crippen MR) is 77.9 cm³/mol. The Morgan fingerprint density at radius 3 is 3.06 bits per heavy atom. The molecule has 3 heteroatoms. The molecule has 2 aromatic rings. The molecule has 1 aromatic carbocycles. The summed E-state index contributed by atoms with van der Waals surface area (Å²) in [5.74, 6) is 1.22. The summed E-state index contributed by atoms with van der Waals surface area (Å²) < 4.78 is 1.37. The van der Waals surface area contributed by atoms with Crippen molar-refractivity contribution in [3.63, 3.8) is 0 Å². The number of fused-ring (bicyclic) bond motifs is 1. The monoisotopic (exact) mass is 251 g/mol. The van der Waals surface area contributed by atoms with Crippen molar-refractivity contribution in [3.05, 3.63) is 29.6 Å². The van der Waals surface area contributed by atoms with Crippen LogP contribution < -0.4 is 5.32 Å². The van der Waals surface area contributed by atoms with Gasteiger partial charge in [-0.25, -0.2) is 0 Å². The van der Waals surface area contributed by atoms with E-state index in [2.05, 4.69) is 48.1 Å². The minimum absolute atomic E-state index is 0.542. The number of rotatable bonds is 5. The van der Waals surface area contributed by atoms with Crippen molar-refractivity contribution in [2.75, 3.05) is 17.3 Å². The zero-order chi connectivity index (χ0) is 11.4. The molecule has 0 radical (unpaired) electrons. The summed E-state index contributed by atoms with van der Waals surface area (Å²) in [7, 11) is 0. The molecule has 2 rings (SSSR count). The van der Waals surface area contributed by atoms with Crippen LogP contribution in [-0.4, -0.2) is 18.1 Å². The fraction of sp³-hybridized carbons (Fsp3) is 0.385. The van der Waals surface area contributed by atoms with Crippen LogP contribution >= 0.6 is 23.1 Å². The highest BCUT2D eigenvalue weighted by Gasteiger charge is 2.05. The second-order valence-electron chi connectivity index (χ2n) is 3.97. The molecule has 1 atom stereocenters. The van der Waals surface area contributed by atoms with Crippen molar-refractivity contribution in [1.82, 2.24) is 0 Å². The molecule has 0 aliphatic carbocycles. The third-order valence-electron chi connectivity index (χ3n) is 2.64. The van der Waals surface area contributed by atoms with E-state index in [0.717, 1.165) is 0 Å². The van der Waals surface area contributed by atoms with Crippen molar-refractivity contribution in [2.24, 2.45) is 0 Å². The lowest BCUT2D eigenvalue weighted by Gasteiger charge is -2.15. The quantitative estimate of drug-likeness (QED) is 0.842. The van der Waals surface area contributed by atoms with Crippen LogP contribution in [0.25, 0.3) is 10.1 Å². The Balaban J connectivity index is 2.11. The Morgan fingerprint density at radius 2 is 2.25 bits per heavy atom. The zero-order valence-electron chi connectivity index (χ0n) is 9.69. The molecule has 0 saturated carbocycles. The SMILES string of the molecule is CSCCC(C)Nc1cccc2ccsc12. The van der Waals surface area contributed by atoms with Gasteiger partial charge in [-0.3, -0.25) is 0 Å². The summed E-state index contributed by atoms with van der Waals surface area (Å²) in [5, 5.41) is 7.10. The lowest BCUT2D eigenvalue weighted by Crippen LogP contribution is -2.15. The van der Waals surface area contributed by atoms with Gasteiger partial charge in [-0.05, 0) is 48.3 Å². The first kappa shape index (κ1) is 11.8. The molecular weight excluding hydrogens is 234 g/mol. The smallest absolute Gasteiger partial charge is 0.0574 e. The van der Waals surface area contributed by atoms with E-state index in [1.165, 1.54) is 27.9 Å². The van der Waals surface area contributed by atoms with Gasteiger partial charge in [-0.15, -0.1) is 11.3 Å². The van der Waals surface area contributed by atoms with Crippen LogP contribution in [0.4, 0.5) is 5.69 Å². The zero-order valence-corrected chi connectivity index (χ0v) is 11.3. The summed E-state index contributed by atoms with van der Waals surface area (Å²) in [6.07, 6.45) is 3.37. The molecular formula is C13H17NS2. The van der Waals surface area contributed by atoms with Gasteiger partial charge in [-0.2, -0.15) is 11.8 Å². The Labute approximate surface area is 105 Å². The maximum atomic E-state index is 3.60. The van der Waals surface area contributed by atoms with Crippen LogP contribution in [0.5, 0.6) is 0 Å². The molecule has 0 aliphatic heterocycles. The average Bonchev–Trinajstić information content (AvgIpc) is 2.75.